The molecule has 70 heavy (non-hydrogen) atoms. The monoisotopic (exact) mass is 1060 g/mol. The van der Waals surface area contributed by atoms with Gasteiger partial charge in [-0.2, -0.15) is 13.2 Å². The average Bonchev–Trinajstić information content (AvgIpc) is 4.12. The zero-order valence-electron chi connectivity index (χ0n) is 36.1. The molecule has 6 aromatic rings. The number of carboxylic acid groups (broad SMARTS) is 2. The van der Waals surface area contributed by atoms with E-state index >= 15 is 0 Å². The van der Waals surface area contributed by atoms with E-state index in [-0.39, 0.29) is 88.2 Å². The summed E-state index contributed by atoms with van der Waals surface area (Å²) in [4.78, 5) is 55.7. The van der Waals surface area contributed by atoms with Crippen molar-refractivity contribution in [2.45, 2.75) is 68.9 Å². The predicted octanol–water partition coefficient (Wildman–Crippen LogP) is 10.00. The van der Waals surface area contributed by atoms with Crippen molar-refractivity contribution in [1.82, 2.24) is 16.0 Å². The molecule has 2 heterocycles. The van der Waals surface area contributed by atoms with Crippen LogP contribution in [0.15, 0.2) is 93.8 Å². The van der Waals surface area contributed by atoms with E-state index in [4.69, 9.17) is 85.5 Å². The van der Waals surface area contributed by atoms with Crippen molar-refractivity contribution in [1.29, 1.82) is 0 Å². The number of hydrogen-bond acceptors (Lipinski definition) is 10. The van der Waals surface area contributed by atoms with E-state index in [1.165, 1.54) is 30.3 Å². The van der Waals surface area contributed by atoms with Gasteiger partial charge in [0.2, 0.25) is 5.76 Å². The number of rotatable bonds is 11. The third-order valence-corrected chi connectivity index (χ3v) is 11.2. The predicted molar refractivity (Wildman–Crippen MR) is 248 cm³/mol. The summed E-state index contributed by atoms with van der Waals surface area (Å²) in [5.41, 5.74) is 6.88. The number of aliphatic carboxylic acids is 1. The van der Waals surface area contributed by atoms with Gasteiger partial charge in [0, 0.05) is 57.1 Å². The second kappa shape index (κ2) is 25.0. The number of fused-ring (bicyclic) bond motifs is 2. The van der Waals surface area contributed by atoms with Gasteiger partial charge in [-0.05, 0) is 111 Å². The van der Waals surface area contributed by atoms with Gasteiger partial charge in [-0.25, -0.2) is 18.4 Å². The molecule has 2 aliphatic carbocycles. The Labute approximate surface area is 414 Å². The van der Waals surface area contributed by atoms with Gasteiger partial charge in [0.15, 0.2) is 19.0 Å². The first-order valence-electron chi connectivity index (χ1n) is 20.8. The Hall–Kier alpha value is -6.32. The Kier molecular flexibility index (Phi) is 19.5. The number of aromatic carboxylic acids is 1. The molecule has 0 spiro atoms. The van der Waals surface area contributed by atoms with Crippen molar-refractivity contribution in [3.05, 3.63) is 128 Å². The van der Waals surface area contributed by atoms with Crippen molar-refractivity contribution in [2.75, 3.05) is 13.2 Å². The Morgan fingerprint density at radius 2 is 1.04 bits per heavy atom. The van der Waals surface area contributed by atoms with E-state index < -0.39 is 29.7 Å². The lowest BCUT2D eigenvalue weighted by Gasteiger charge is -2.14. The third-order valence-electron chi connectivity index (χ3n) is 10.1. The summed E-state index contributed by atoms with van der Waals surface area (Å²) in [6.07, 6.45) is -0.426. The summed E-state index contributed by atoms with van der Waals surface area (Å²) in [6, 6.07) is 21.4. The fourth-order valence-electron chi connectivity index (χ4n) is 6.86. The van der Waals surface area contributed by atoms with E-state index in [1.807, 2.05) is 0 Å². The lowest BCUT2D eigenvalue weighted by Crippen LogP contribution is -2.39. The van der Waals surface area contributed by atoms with Crippen LogP contribution in [0.5, 0.6) is 11.5 Å². The number of carbonyl (C=O) groups excluding carboxylic acids is 3. The zero-order chi connectivity index (χ0) is 51.3. The first kappa shape index (κ1) is 54.6. The SMILES string of the molecule is N[C@H]1CC[C@H](NC(=O)COc2ccc(Cl)c(F)c2)C1.O=C(COc1ccc(Cl)c(F)c1)N[C@H]1CC[C@H](NC(=O)c2cc3cc(Cl)ccc3o2)C1.O=C(O)C(F)(F)F.O=C(O)c1cc2cc(Cl)ccc2o1. The van der Waals surface area contributed by atoms with Crippen LogP contribution in [0.1, 0.15) is 59.6 Å². The maximum absolute atomic E-state index is 13.4. The van der Waals surface area contributed by atoms with Gasteiger partial charge in [-0.3, -0.25) is 14.4 Å². The molecular formula is C46H41Cl4F5N4O11. The number of nitrogens with one attached hydrogen (secondary N) is 3. The van der Waals surface area contributed by atoms with Crippen LogP contribution < -0.4 is 31.2 Å². The molecule has 0 bridgehead atoms. The molecule has 4 aromatic carbocycles. The van der Waals surface area contributed by atoms with E-state index in [1.54, 1.807) is 42.5 Å². The second-order valence-electron chi connectivity index (χ2n) is 15.5. The van der Waals surface area contributed by atoms with Gasteiger partial charge in [-0.1, -0.05) is 46.4 Å². The molecule has 0 unspecified atom stereocenters. The van der Waals surface area contributed by atoms with Crippen molar-refractivity contribution in [3.63, 3.8) is 0 Å². The molecule has 2 saturated carbocycles. The number of carbonyl (C=O) groups is 5. The molecule has 374 valence electrons. The molecule has 8 rings (SSSR count). The minimum absolute atomic E-state index is 0.0118. The Morgan fingerprint density at radius 3 is 1.47 bits per heavy atom. The number of benzene rings is 4. The fraction of sp³-hybridized carbons (Fsp3) is 0.283. The summed E-state index contributed by atoms with van der Waals surface area (Å²) >= 11 is 22.9. The number of carboxylic acids is 2. The number of nitrogens with two attached hydrogens (primary N) is 1. The molecule has 4 atom stereocenters. The van der Waals surface area contributed by atoms with Crippen molar-refractivity contribution >= 4 is 98.0 Å². The minimum Gasteiger partial charge on any atom is -0.484 e. The molecule has 15 nitrogen and oxygen atoms in total. The number of furan rings is 2. The highest BCUT2D eigenvalue weighted by atomic mass is 35.5. The normalized spacial score (nSPS) is 17.2. The molecular weight excluding hydrogens is 1020 g/mol. The zero-order valence-corrected chi connectivity index (χ0v) is 39.1. The second-order valence-corrected chi connectivity index (χ2v) is 17.2. The van der Waals surface area contributed by atoms with E-state index in [2.05, 4.69) is 16.0 Å². The number of hydrogen-bond donors (Lipinski definition) is 6. The van der Waals surface area contributed by atoms with Gasteiger partial charge < -0.3 is 50.2 Å². The average molecular weight is 1060 g/mol. The lowest BCUT2D eigenvalue weighted by atomic mass is 10.2. The van der Waals surface area contributed by atoms with Crippen molar-refractivity contribution in [3.8, 4) is 11.5 Å². The largest absolute Gasteiger partial charge is 0.490 e. The molecule has 2 aliphatic rings. The number of ether oxygens (including phenoxy) is 2. The molecule has 24 heteroatoms. The van der Waals surface area contributed by atoms with Crippen LogP contribution in [-0.4, -0.2) is 83.4 Å². The summed E-state index contributed by atoms with van der Waals surface area (Å²) in [7, 11) is 0. The number of alkyl halides is 3. The standard InChI is InChI=1S/C22H19Cl2FN2O4.C13H16ClFN2O2.C9H5ClO3.C2HF3O2/c23-13-1-6-19-12(7-13)8-20(31-19)22(29)27-15-3-2-14(9-15)26-21(28)11-30-16-4-5-17(24)18(25)10-16;14-11-4-3-10(6-12(11)15)19-7-13(18)17-9-2-1-8(16)5-9;10-6-1-2-7-5(3-6)4-8(13-7)9(11)12;3-2(4,5)1(6)7/h1,4-8,10,14-15H,2-3,9,11H2,(H,26,28)(H,27,29);3-4,6,8-9H,1-2,5,7,16H2,(H,17,18);1-4H,(H,11,12);(H,6,7)/t14-,15-;8-,9-;;/m00../s1. The number of halogens is 9. The summed E-state index contributed by atoms with van der Waals surface area (Å²) in [5, 5.41) is 27.0. The maximum atomic E-state index is 13.4. The van der Waals surface area contributed by atoms with E-state index in [0.717, 1.165) is 49.6 Å². The topological polar surface area (TPSA) is 233 Å². The van der Waals surface area contributed by atoms with Gasteiger partial charge in [0.25, 0.3) is 17.7 Å². The van der Waals surface area contributed by atoms with Crippen LogP contribution in [0.2, 0.25) is 20.1 Å². The maximum Gasteiger partial charge on any atom is 0.490 e. The highest BCUT2D eigenvalue weighted by Crippen LogP contribution is 2.27. The molecule has 2 fully saturated rings. The van der Waals surface area contributed by atoms with Gasteiger partial charge in [-0.15, -0.1) is 0 Å². The molecule has 0 radical (unpaired) electrons. The quantitative estimate of drug-likeness (QED) is 0.0666. The third kappa shape index (κ3) is 17.0. The first-order valence-corrected chi connectivity index (χ1v) is 22.3. The van der Waals surface area contributed by atoms with E-state index in [9.17, 15) is 41.1 Å². The van der Waals surface area contributed by atoms with Crippen molar-refractivity contribution < 1.29 is 74.4 Å². The fourth-order valence-corrected chi connectivity index (χ4v) is 7.46. The Morgan fingerprint density at radius 1 is 0.614 bits per heavy atom. The number of amides is 3. The molecule has 0 aliphatic heterocycles. The summed E-state index contributed by atoms with van der Waals surface area (Å²) in [5.74, 6) is -5.22. The van der Waals surface area contributed by atoms with Gasteiger partial charge in [0.05, 0.1) is 10.0 Å². The van der Waals surface area contributed by atoms with Gasteiger partial charge in [0.1, 0.15) is 34.3 Å². The van der Waals surface area contributed by atoms with Crippen LogP contribution in [0, 0.1) is 11.6 Å². The smallest absolute Gasteiger partial charge is 0.484 e. The highest BCUT2D eigenvalue weighted by Gasteiger charge is 2.38. The van der Waals surface area contributed by atoms with E-state index in [0.29, 0.717) is 33.0 Å². The molecule has 2 aromatic heterocycles. The molecule has 0 saturated heterocycles. The van der Waals surface area contributed by atoms with Gasteiger partial charge >= 0.3 is 18.1 Å². The summed E-state index contributed by atoms with van der Waals surface area (Å²) in [6.45, 7) is -0.386. The molecule has 7 N–H and O–H groups in total. The van der Waals surface area contributed by atoms with Crippen LogP contribution in [0.4, 0.5) is 22.0 Å². The van der Waals surface area contributed by atoms with Crippen LogP contribution in [0.25, 0.3) is 21.9 Å². The highest BCUT2D eigenvalue weighted by molar-refractivity contribution is 6.32. The molecule has 3 amide bonds. The summed E-state index contributed by atoms with van der Waals surface area (Å²) < 4.78 is 79.4. The van der Waals surface area contributed by atoms with Crippen LogP contribution in [-0.2, 0) is 14.4 Å². The minimum atomic E-state index is -5.08. The lowest BCUT2D eigenvalue weighted by molar-refractivity contribution is -0.192. The Bertz CT molecular complexity index is 2830. The van der Waals surface area contributed by atoms with Crippen LogP contribution in [0.3, 0.4) is 0 Å². The Balaban J connectivity index is 0.000000198. The first-order chi connectivity index (χ1) is 33.0. The van der Waals surface area contributed by atoms with Crippen LogP contribution >= 0.6 is 46.4 Å². The van der Waals surface area contributed by atoms with Crippen molar-refractivity contribution in [2.24, 2.45) is 5.73 Å².